The highest BCUT2D eigenvalue weighted by atomic mass is 16.6. The summed E-state index contributed by atoms with van der Waals surface area (Å²) in [5.41, 5.74) is -1.09. The second kappa shape index (κ2) is 5.36. The molecule has 1 aliphatic rings. The Labute approximate surface area is 104 Å². The van der Waals surface area contributed by atoms with E-state index in [0.717, 1.165) is 19.4 Å². The first kappa shape index (κ1) is 14.5. The zero-order valence-electron chi connectivity index (χ0n) is 11.6. The molecule has 0 bridgehead atoms. The first-order chi connectivity index (χ1) is 7.75. The van der Waals surface area contributed by atoms with Crippen molar-refractivity contribution in [1.82, 2.24) is 5.32 Å². The van der Waals surface area contributed by atoms with Gasteiger partial charge in [-0.1, -0.05) is 0 Å². The molecule has 1 N–H and O–H groups in total. The lowest BCUT2D eigenvalue weighted by Gasteiger charge is -2.31. The Kier molecular flexibility index (Phi) is 4.55. The summed E-state index contributed by atoms with van der Waals surface area (Å²) in [7, 11) is 0. The highest BCUT2D eigenvalue weighted by Gasteiger charge is 2.44. The van der Waals surface area contributed by atoms with Gasteiger partial charge in [0.2, 0.25) is 0 Å². The summed E-state index contributed by atoms with van der Waals surface area (Å²) in [4.78, 5) is 12.2. The zero-order valence-corrected chi connectivity index (χ0v) is 11.6. The maximum absolute atomic E-state index is 12.2. The van der Waals surface area contributed by atoms with Crippen molar-refractivity contribution in [3.05, 3.63) is 0 Å². The highest BCUT2D eigenvalue weighted by Crippen LogP contribution is 2.24. The molecule has 0 amide bonds. The van der Waals surface area contributed by atoms with Crippen molar-refractivity contribution in [2.75, 3.05) is 13.2 Å². The lowest BCUT2D eigenvalue weighted by atomic mass is 9.98. The van der Waals surface area contributed by atoms with Crippen LogP contribution in [0.25, 0.3) is 0 Å². The fourth-order valence-corrected chi connectivity index (χ4v) is 1.85. The molecule has 1 fully saturated rings. The van der Waals surface area contributed by atoms with Gasteiger partial charge in [0, 0.05) is 0 Å². The lowest BCUT2D eigenvalue weighted by molar-refractivity contribution is -0.166. The SMILES string of the molecule is CC(C)OC[C@@]1(C(=O)OC(C)(C)C)CCCN1. The maximum atomic E-state index is 12.2. The van der Waals surface area contributed by atoms with Crippen LogP contribution in [0.2, 0.25) is 0 Å². The fourth-order valence-electron chi connectivity index (χ4n) is 1.85. The highest BCUT2D eigenvalue weighted by molar-refractivity contribution is 5.81. The van der Waals surface area contributed by atoms with Crippen molar-refractivity contribution in [3.8, 4) is 0 Å². The molecule has 0 unspecified atom stereocenters. The molecule has 4 heteroatoms. The number of hydrogen-bond acceptors (Lipinski definition) is 4. The van der Waals surface area contributed by atoms with Crippen molar-refractivity contribution in [2.45, 2.75) is 64.7 Å². The Balaban J connectivity index is 2.67. The molecule has 1 atom stereocenters. The van der Waals surface area contributed by atoms with E-state index < -0.39 is 11.1 Å². The van der Waals surface area contributed by atoms with Crippen LogP contribution >= 0.6 is 0 Å². The molecule has 0 spiro atoms. The quantitative estimate of drug-likeness (QED) is 0.766. The average molecular weight is 243 g/mol. The van der Waals surface area contributed by atoms with Crippen molar-refractivity contribution < 1.29 is 14.3 Å². The standard InChI is InChI=1S/C13H25NO3/c1-10(2)16-9-13(7-6-8-14-13)11(15)17-12(3,4)5/h10,14H,6-9H2,1-5H3/t13-/m1/s1. The van der Waals surface area contributed by atoms with E-state index in [2.05, 4.69) is 5.32 Å². The number of nitrogens with one attached hydrogen (secondary N) is 1. The van der Waals surface area contributed by atoms with Gasteiger partial charge in [0.05, 0.1) is 12.7 Å². The Morgan fingerprint density at radius 3 is 2.47 bits per heavy atom. The van der Waals surface area contributed by atoms with E-state index in [9.17, 15) is 4.79 Å². The third-order valence-corrected chi connectivity index (χ3v) is 2.70. The summed E-state index contributed by atoms with van der Waals surface area (Å²) in [6.45, 7) is 10.8. The monoisotopic (exact) mass is 243 g/mol. The van der Waals surface area contributed by atoms with Crippen molar-refractivity contribution in [3.63, 3.8) is 0 Å². The minimum Gasteiger partial charge on any atom is -0.459 e. The minimum absolute atomic E-state index is 0.122. The minimum atomic E-state index is -0.641. The van der Waals surface area contributed by atoms with E-state index in [4.69, 9.17) is 9.47 Å². The van der Waals surface area contributed by atoms with Crippen LogP contribution in [0, 0.1) is 0 Å². The molecule has 0 aromatic heterocycles. The molecule has 0 radical (unpaired) electrons. The van der Waals surface area contributed by atoms with E-state index in [0.29, 0.717) is 6.61 Å². The summed E-state index contributed by atoms with van der Waals surface area (Å²) in [6, 6.07) is 0. The number of rotatable bonds is 4. The maximum Gasteiger partial charge on any atom is 0.329 e. The van der Waals surface area contributed by atoms with Crippen molar-refractivity contribution >= 4 is 5.97 Å². The molecule has 1 heterocycles. The van der Waals surface area contributed by atoms with Gasteiger partial charge in [-0.25, -0.2) is 4.79 Å². The summed E-state index contributed by atoms with van der Waals surface area (Å²) in [5, 5.41) is 3.25. The lowest BCUT2D eigenvalue weighted by Crippen LogP contribution is -2.54. The largest absolute Gasteiger partial charge is 0.459 e. The molecule has 0 aromatic carbocycles. The van der Waals surface area contributed by atoms with Gasteiger partial charge < -0.3 is 9.47 Å². The molecule has 4 nitrogen and oxygen atoms in total. The second-order valence-corrected chi connectivity index (χ2v) is 5.97. The molecule has 1 rings (SSSR count). The molecular weight excluding hydrogens is 218 g/mol. The van der Waals surface area contributed by atoms with E-state index in [1.807, 2.05) is 34.6 Å². The molecular formula is C13H25NO3. The third kappa shape index (κ3) is 4.28. The predicted octanol–water partition coefficient (Wildman–Crippen LogP) is 1.88. The number of esters is 1. The Hall–Kier alpha value is -0.610. The van der Waals surface area contributed by atoms with Crippen LogP contribution in [0.3, 0.4) is 0 Å². The first-order valence-electron chi connectivity index (χ1n) is 6.35. The number of carbonyl (C=O) groups excluding carboxylic acids is 1. The predicted molar refractivity (Wildman–Crippen MR) is 66.9 cm³/mol. The van der Waals surface area contributed by atoms with Gasteiger partial charge in [0.15, 0.2) is 0 Å². The fraction of sp³-hybridized carbons (Fsp3) is 0.923. The molecule has 0 aromatic rings. The topological polar surface area (TPSA) is 47.6 Å². The van der Waals surface area contributed by atoms with E-state index in [1.54, 1.807) is 0 Å². The number of ether oxygens (including phenoxy) is 2. The Morgan fingerprint density at radius 1 is 1.41 bits per heavy atom. The van der Waals surface area contributed by atoms with Crippen LogP contribution < -0.4 is 5.32 Å². The van der Waals surface area contributed by atoms with Gasteiger partial charge in [-0.15, -0.1) is 0 Å². The van der Waals surface area contributed by atoms with Gasteiger partial charge in [0.1, 0.15) is 11.1 Å². The molecule has 0 saturated carbocycles. The van der Waals surface area contributed by atoms with Gasteiger partial charge in [0.25, 0.3) is 0 Å². The normalized spacial score (nSPS) is 25.3. The first-order valence-corrected chi connectivity index (χ1v) is 6.35. The van der Waals surface area contributed by atoms with Gasteiger partial charge >= 0.3 is 5.97 Å². The summed E-state index contributed by atoms with van der Waals surface area (Å²) in [5.74, 6) is -0.192. The Bertz CT molecular complexity index is 262. The molecule has 17 heavy (non-hydrogen) atoms. The summed E-state index contributed by atoms with van der Waals surface area (Å²) < 4.78 is 11.1. The van der Waals surface area contributed by atoms with E-state index >= 15 is 0 Å². The van der Waals surface area contributed by atoms with Crippen molar-refractivity contribution in [2.24, 2.45) is 0 Å². The number of hydrogen-bond donors (Lipinski definition) is 1. The average Bonchev–Trinajstić information content (AvgIpc) is 2.61. The second-order valence-electron chi connectivity index (χ2n) is 5.97. The van der Waals surface area contributed by atoms with Crippen LogP contribution in [-0.4, -0.2) is 36.4 Å². The van der Waals surface area contributed by atoms with Crippen LogP contribution in [-0.2, 0) is 14.3 Å². The molecule has 1 saturated heterocycles. The summed E-state index contributed by atoms with van der Waals surface area (Å²) >= 11 is 0. The van der Waals surface area contributed by atoms with Crippen molar-refractivity contribution in [1.29, 1.82) is 0 Å². The van der Waals surface area contributed by atoms with Crippen LogP contribution in [0.1, 0.15) is 47.5 Å². The van der Waals surface area contributed by atoms with E-state index in [-0.39, 0.29) is 12.1 Å². The zero-order chi connectivity index (χ0) is 13.1. The summed E-state index contributed by atoms with van der Waals surface area (Å²) in [6.07, 6.45) is 1.90. The van der Waals surface area contributed by atoms with Gasteiger partial charge in [-0.05, 0) is 54.0 Å². The van der Waals surface area contributed by atoms with Gasteiger partial charge in [-0.3, -0.25) is 5.32 Å². The Morgan fingerprint density at radius 2 is 2.06 bits per heavy atom. The van der Waals surface area contributed by atoms with Gasteiger partial charge in [-0.2, -0.15) is 0 Å². The number of carbonyl (C=O) groups is 1. The van der Waals surface area contributed by atoms with Crippen LogP contribution in [0.15, 0.2) is 0 Å². The van der Waals surface area contributed by atoms with Crippen LogP contribution in [0.4, 0.5) is 0 Å². The molecule has 1 aliphatic heterocycles. The van der Waals surface area contributed by atoms with Crippen LogP contribution in [0.5, 0.6) is 0 Å². The van der Waals surface area contributed by atoms with E-state index in [1.165, 1.54) is 0 Å². The third-order valence-electron chi connectivity index (χ3n) is 2.70. The smallest absolute Gasteiger partial charge is 0.329 e. The molecule has 0 aliphatic carbocycles. The molecule has 100 valence electrons.